The molecular weight excluding hydrogens is 328 g/mol. The van der Waals surface area contributed by atoms with E-state index in [0.29, 0.717) is 17.9 Å². The van der Waals surface area contributed by atoms with Gasteiger partial charge in [-0.05, 0) is 31.5 Å². The number of hydrogen-bond donors (Lipinski definition) is 2. The highest BCUT2D eigenvalue weighted by Crippen LogP contribution is 2.24. The third-order valence-corrected chi connectivity index (χ3v) is 3.79. The summed E-state index contributed by atoms with van der Waals surface area (Å²) >= 11 is 8.35. The van der Waals surface area contributed by atoms with E-state index in [9.17, 15) is 4.79 Å². The minimum Gasteiger partial charge on any atom is -0.389 e. The maximum absolute atomic E-state index is 12.1. The lowest BCUT2D eigenvalue weighted by atomic mass is 10.0. The Kier molecular flexibility index (Phi) is 4.54. The van der Waals surface area contributed by atoms with Crippen molar-refractivity contribution in [3.63, 3.8) is 0 Å². The Morgan fingerprint density at radius 3 is 2.89 bits per heavy atom. The summed E-state index contributed by atoms with van der Waals surface area (Å²) in [4.78, 5) is 12.4. The first kappa shape index (κ1) is 14.4. The van der Waals surface area contributed by atoms with Gasteiger partial charge in [0, 0.05) is 10.0 Å². The maximum atomic E-state index is 12.1. The van der Waals surface area contributed by atoms with Gasteiger partial charge in [0.25, 0.3) is 0 Å². The summed E-state index contributed by atoms with van der Waals surface area (Å²) < 4.78 is 6.27. The van der Waals surface area contributed by atoms with Crippen LogP contribution in [0.15, 0.2) is 22.7 Å². The fraction of sp³-hybridized carbons (Fsp3) is 0.385. The molecule has 19 heavy (non-hydrogen) atoms. The first-order valence-corrected chi connectivity index (χ1v) is 7.19. The number of rotatable bonds is 3. The Morgan fingerprint density at radius 2 is 2.32 bits per heavy atom. The van der Waals surface area contributed by atoms with Crippen LogP contribution in [0.2, 0.25) is 0 Å². The van der Waals surface area contributed by atoms with E-state index in [0.717, 1.165) is 10.9 Å². The van der Waals surface area contributed by atoms with E-state index in [2.05, 4.69) is 21.2 Å². The number of nitrogens with two attached hydrogens (primary N) is 1. The lowest BCUT2D eigenvalue weighted by Crippen LogP contribution is -2.25. The predicted octanol–water partition coefficient (Wildman–Crippen LogP) is 2.45. The molecule has 1 saturated heterocycles. The quantitative estimate of drug-likeness (QED) is 0.828. The number of halogens is 1. The second kappa shape index (κ2) is 5.98. The van der Waals surface area contributed by atoms with E-state index in [1.165, 1.54) is 0 Å². The molecular formula is C13H15BrN2O2S. The van der Waals surface area contributed by atoms with Gasteiger partial charge in [-0.1, -0.05) is 28.1 Å². The minimum absolute atomic E-state index is 0.0517. The SMILES string of the molecule is CC1CC(C(=O)Nc2ccc(Br)cc2C(N)=S)CO1. The molecule has 4 nitrogen and oxygen atoms in total. The molecule has 102 valence electrons. The van der Waals surface area contributed by atoms with Gasteiger partial charge in [-0.25, -0.2) is 0 Å². The van der Waals surface area contributed by atoms with E-state index < -0.39 is 0 Å². The summed E-state index contributed by atoms with van der Waals surface area (Å²) in [7, 11) is 0. The number of carbonyl (C=O) groups excluding carboxylic acids is 1. The highest BCUT2D eigenvalue weighted by molar-refractivity contribution is 9.10. The van der Waals surface area contributed by atoms with E-state index in [1.807, 2.05) is 13.0 Å². The van der Waals surface area contributed by atoms with Crippen LogP contribution in [-0.4, -0.2) is 23.6 Å². The van der Waals surface area contributed by atoms with Crippen molar-refractivity contribution < 1.29 is 9.53 Å². The zero-order chi connectivity index (χ0) is 14.0. The van der Waals surface area contributed by atoms with Gasteiger partial charge < -0.3 is 15.8 Å². The number of amides is 1. The molecule has 1 aromatic carbocycles. The van der Waals surface area contributed by atoms with E-state index in [-0.39, 0.29) is 22.9 Å². The summed E-state index contributed by atoms with van der Waals surface area (Å²) in [5.74, 6) is -0.165. The molecule has 1 aromatic rings. The molecule has 1 heterocycles. The van der Waals surface area contributed by atoms with Crippen molar-refractivity contribution in [1.29, 1.82) is 0 Å². The van der Waals surface area contributed by atoms with Crippen LogP contribution in [0.5, 0.6) is 0 Å². The van der Waals surface area contributed by atoms with Gasteiger partial charge in [-0.2, -0.15) is 0 Å². The Morgan fingerprint density at radius 1 is 1.58 bits per heavy atom. The molecule has 2 rings (SSSR count). The fourth-order valence-electron chi connectivity index (χ4n) is 2.06. The van der Waals surface area contributed by atoms with Crippen LogP contribution in [0.1, 0.15) is 18.9 Å². The number of benzene rings is 1. The standard InChI is InChI=1S/C13H15BrN2O2S/c1-7-4-8(6-18-7)13(17)16-11-3-2-9(14)5-10(11)12(15)19/h2-3,5,7-8H,4,6H2,1H3,(H2,15,19)(H,16,17). The number of carbonyl (C=O) groups is 1. The Labute approximate surface area is 125 Å². The van der Waals surface area contributed by atoms with E-state index >= 15 is 0 Å². The molecule has 1 aliphatic rings. The third kappa shape index (κ3) is 3.52. The smallest absolute Gasteiger partial charge is 0.229 e. The Bertz CT molecular complexity index is 521. The molecule has 6 heteroatoms. The number of anilines is 1. The lowest BCUT2D eigenvalue weighted by Gasteiger charge is -2.13. The fourth-order valence-corrected chi connectivity index (χ4v) is 2.59. The monoisotopic (exact) mass is 342 g/mol. The zero-order valence-corrected chi connectivity index (χ0v) is 12.9. The summed E-state index contributed by atoms with van der Waals surface area (Å²) in [6, 6.07) is 5.42. The van der Waals surface area contributed by atoms with Crippen molar-refractivity contribution in [2.75, 3.05) is 11.9 Å². The normalized spacial score (nSPS) is 22.2. The van der Waals surface area contributed by atoms with E-state index in [1.54, 1.807) is 12.1 Å². The summed E-state index contributed by atoms with van der Waals surface area (Å²) in [6.07, 6.45) is 0.876. The van der Waals surface area contributed by atoms with Gasteiger partial charge in [0.2, 0.25) is 5.91 Å². The molecule has 1 aliphatic heterocycles. The van der Waals surface area contributed by atoms with Crippen molar-refractivity contribution >= 4 is 44.7 Å². The molecule has 0 bridgehead atoms. The van der Waals surface area contributed by atoms with Crippen LogP contribution in [0.3, 0.4) is 0 Å². The summed E-state index contributed by atoms with van der Waals surface area (Å²) in [5, 5.41) is 2.87. The van der Waals surface area contributed by atoms with Gasteiger partial charge in [0.05, 0.1) is 24.3 Å². The average molecular weight is 343 g/mol. The number of thiocarbonyl (C=S) groups is 1. The van der Waals surface area contributed by atoms with Crippen molar-refractivity contribution in [3.05, 3.63) is 28.2 Å². The molecule has 0 aliphatic carbocycles. The Hall–Kier alpha value is -0.980. The largest absolute Gasteiger partial charge is 0.389 e. The lowest BCUT2D eigenvalue weighted by molar-refractivity contribution is -0.119. The molecule has 1 amide bonds. The van der Waals surface area contributed by atoms with Gasteiger partial charge in [-0.15, -0.1) is 0 Å². The molecule has 3 N–H and O–H groups in total. The van der Waals surface area contributed by atoms with Crippen LogP contribution in [0, 0.1) is 5.92 Å². The van der Waals surface area contributed by atoms with Crippen LogP contribution < -0.4 is 11.1 Å². The number of nitrogens with one attached hydrogen (secondary N) is 1. The molecule has 0 radical (unpaired) electrons. The van der Waals surface area contributed by atoms with Crippen molar-refractivity contribution in [1.82, 2.24) is 0 Å². The summed E-state index contributed by atoms with van der Waals surface area (Å²) in [6.45, 7) is 2.43. The molecule has 0 spiro atoms. The highest BCUT2D eigenvalue weighted by atomic mass is 79.9. The second-order valence-electron chi connectivity index (χ2n) is 4.62. The number of hydrogen-bond acceptors (Lipinski definition) is 3. The molecule has 0 saturated carbocycles. The highest BCUT2D eigenvalue weighted by Gasteiger charge is 2.28. The van der Waals surface area contributed by atoms with Crippen LogP contribution in [-0.2, 0) is 9.53 Å². The minimum atomic E-state index is -0.113. The molecule has 1 fully saturated rings. The van der Waals surface area contributed by atoms with Gasteiger partial charge >= 0.3 is 0 Å². The zero-order valence-electron chi connectivity index (χ0n) is 10.5. The van der Waals surface area contributed by atoms with Crippen molar-refractivity contribution in [2.45, 2.75) is 19.4 Å². The van der Waals surface area contributed by atoms with Crippen LogP contribution in [0.4, 0.5) is 5.69 Å². The van der Waals surface area contributed by atoms with Crippen molar-refractivity contribution in [3.8, 4) is 0 Å². The molecule has 2 atom stereocenters. The summed E-state index contributed by atoms with van der Waals surface area (Å²) in [5.41, 5.74) is 6.97. The van der Waals surface area contributed by atoms with Gasteiger partial charge in [0.15, 0.2) is 0 Å². The van der Waals surface area contributed by atoms with Crippen molar-refractivity contribution in [2.24, 2.45) is 11.7 Å². The first-order valence-electron chi connectivity index (χ1n) is 5.99. The Balaban J connectivity index is 2.14. The average Bonchev–Trinajstić information content (AvgIpc) is 2.78. The van der Waals surface area contributed by atoms with Crippen LogP contribution in [0.25, 0.3) is 0 Å². The topological polar surface area (TPSA) is 64.4 Å². The molecule has 0 aromatic heterocycles. The third-order valence-electron chi connectivity index (χ3n) is 3.07. The van der Waals surface area contributed by atoms with E-state index in [4.69, 9.17) is 22.7 Å². The predicted molar refractivity (Wildman–Crippen MR) is 82.2 cm³/mol. The second-order valence-corrected chi connectivity index (χ2v) is 5.98. The van der Waals surface area contributed by atoms with Gasteiger partial charge in [0.1, 0.15) is 4.99 Å². The maximum Gasteiger partial charge on any atom is 0.229 e. The molecule has 2 unspecified atom stereocenters. The van der Waals surface area contributed by atoms with Crippen LogP contribution >= 0.6 is 28.1 Å². The first-order chi connectivity index (χ1) is 8.97. The number of ether oxygens (including phenoxy) is 1. The van der Waals surface area contributed by atoms with Gasteiger partial charge in [-0.3, -0.25) is 4.79 Å².